The highest BCUT2D eigenvalue weighted by Crippen LogP contribution is 2.35. The van der Waals surface area contributed by atoms with Gasteiger partial charge in [0.15, 0.2) is 18.4 Å². The van der Waals surface area contributed by atoms with Crippen molar-refractivity contribution in [3.63, 3.8) is 0 Å². The molecule has 17 heteroatoms. The summed E-state index contributed by atoms with van der Waals surface area (Å²) >= 11 is 0. The van der Waals surface area contributed by atoms with Crippen LogP contribution in [-0.2, 0) is 54.2 Å². The Morgan fingerprint density at radius 3 is 2.12 bits per heavy atom. The standard InChI is InChI=1S/C31H40N4O13/c1-17(36)44-16-21(32-27(40)22(33-30(42)48-31(4,5)6)15-43-14-20-10-8-7-9-11-20)24-25(45-18(2)37)26(46-19(3)38)28(47-24)35-13-12-23(39)34-29(35)41/h7-13,21-22,24-26,28H,14-16H2,1-6H3,(H,32,40)(H,33,42)(H,34,39,41). The Morgan fingerprint density at radius 1 is 0.896 bits per heavy atom. The van der Waals surface area contributed by atoms with Crippen molar-refractivity contribution in [1.29, 1.82) is 0 Å². The molecule has 1 aromatic carbocycles. The zero-order valence-electron chi connectivity index (χ0n) is 27.4. The first kappa shape index (κ1) is 37.4. The number of carbonyl (C=O) groups excluding carboxylic acids is 5. The Bertz CT molecular complexity index is 1570. The molecule has 0 radical (unpaired) electrons. The van der Waals surface area contributed by atoms with Crippen molar-refractivity contribution in [3.05, 3.63) is 69.0 Å². The summed E-state index contributed by atoms with van der Waals surface area (Å²) in [6.45, 7) is 7.40. The number of nitrogens with zero attached hydrogens (tertiary/aromatic N) is 1. The lowest BCUT2D eigenvalue weighted by molar-refractivity contribution is -0.166. The fourth-order valence-corrected chi connectivity index (χ4v) is 4.69. The van der Waals surface area contributed by atoms with E-state index in [0.29, 0.717) is 0 Å². The second kappa shape index (κ2) is 16.7. The van der Waals surface area contributed by atoms with Crippen LogP contribution in [0.5, 0.6) is 0 Å². The van der Waals surface area contributed by atoms with Gasteiger partial charge in [0.2, 0.25) is 5.91 Å². The zero-order chi connectivity index (χ0) is 35.6. The highest BCUT2D eigenvalue weighted by Gasteiger charge is 2.54. The Hall–Kier alpha value is -5.03. The third-order valence-electron chi connectivity index (χ3n) is 6.55. The molecule has 2 heterocycles. The molecule has 1 aliphatic heterocycles. The van der Waals surface area contributed by atoms with Crippen LogP contribution in [0.15, 0.2) is 52.2 Å². The summed E-state index contributed by atoms with van der Waals surface area (Å²) in [6.07, 6.45) is -5.68. The molecule has 6 unspecified atom stereocenters. The molecular weight excluding hydrogens is 636 g/mol. The van der Waals surface area contributed by atoms with E-state index in [9.17, 15) is 33.6 Å². The summed E-state index contributed by atoms with van der Waals surface area (Å²) < 4.78 is 34.1. The number of aromatic nitrogens is 2. The van der Waals surface area contributed by atoms with Gasteiger partial charge in [0.05, 0.1) is 19.3 Å². The quantitative estimate of drug-likeness (QED) is 0.194. The minimum absolute atomic E-state index is 0.0947. The molecule has 17 nitrogen and oxygen atoms in total. The molecule has 2 amide bonds. The van der Waals surface area contributed by atoms with Gasteiger partial charge in [-0.05, 0) is 26.3 Å². The van der Waals surface area contributed by atoms with Crippen LogP contribution in [0.3, 0.4) is 0 Å². The molecule has 3 N–H and O–H groups in total. The maximum absolute atomic E-state index is 13.8. The minimum atomic E-state index is -1.48. The maximum Gasteiger partial charge on any atom is 0.408 e. The summed E-state index contributed by atoms with van der Waals surface area (Å²) in [4.78, 5) is 89.3. The van der Waals surface area contributed by atoms with Crippen LogP contribution in [0.1, 0.15) is 53.3 Å². The number of alkyl carbamates (subject to hydrolysis) is 1. The number of hydrogen-bond acceptors (Lipinski definition) is 13. The lowest BCUT2D eigenvalue weighted by atomic mass is 10.0. The first-order chi connectivity index (χ1) is 22.5. The molecule has 0 spiro atoms. The molecule has 262 valence electrons. The van der Waals surface area contributed by atoms with Crippen LogP contribution in [0, 0.1) is 0 Å². The van der Waals surface area contributed by atoms with Crippen molar-refractivity contribution in [1.82, 2.24) is 20.2 Å². The summed E-state index contributed by atoms with van der Waals surface area (Å²) in [5.74, 6) is -3.25. The fraction of sp³-hybridized carbons (Fsp3) is 0.516. The van der Waals surface area contributed by atoms with Crippen LogP contribution in [-0.4, -0.2) is 88.7 Å². The van der Waals surface area contributed by atoms with E-state index in [1.165, 1.54) is 0 Å². The van der Waals surface area contributed by atoms with Crippen LogP contribution < -0.4 is 21.9 Å². The van der Waals surface area contributed by atoms with E-state index in [1.807, 2.05) is 18.2 Å². The first-order valence-corrected chi connectivity index (χ1v) is 14.9. The van der Waals surface area contributed by atoms with Gasteiger partial charge in [-0.25, -0.2) is 9.59 Å². The predicted octanol–water partition coefficient (Wildman–Crippen LogP) is 0.455. The molecule has 1 fully saturated rings. The maximum atomic E-state index is 13.8. The van der Waals surface area contributed by atoms with E-state index >= 15 is 0 Å². The third kappa shape index (κ3) is 11.3. The lowest BCUT2D eigenvalue weighted by Gasteiger charge is -2.30. The third-order valence-corrected chi connectivity index (χ3v) is 6.55. The average molecular weight is 677 g/mol. The van der Waals surface area contributed by atoms with Gasteiger partial charge in [-0.3, -0.25) is 33.5 Å². The van der Waals surface area contributed by atoms with E-state index in [4.69, 9.17) is 28.4 Å². The Kier molecular flexibility index (Phi) is 13.0. The monoisotopic (exact) mass is 676 g/mol. The first-order valence-electron chi connectivity index (χ1n) is 14.9. The van der Waals surface area contributed by atoms with Crippen LogP contribution >= 0.6 is 0 Å². The second-order valence-electron chi connectivity index (χ2n) is 11.8. The topological polar surface area (TPSA) is 220 Å². The fourth-order valence-electron chi connectivity index (χ4n) is 4.69. The number of rotatable bonds is 13. The van der Waals surface area contributed by atoms with Gasteiger partial charge < -0.3 is 39.1 Å². The van der Waals surface area contributed by atoms with Crippen molar-refractivity contribution in [2.75, 3.05) is 13.2 Å². The van der Waals surface area contributed by atoms with Crippen molar-refractivity contribution in [3.8, 4) is 0 Å². The van der Waals surface area contributed by atoms with E-state index < -0.39 is 90.0 Å². The highest BCUT2D eigenvalue weighted by atomic mass is 16.6. The number of carbonyl (C=O) groups is 5. The van der Waals surface area contributed by atoms with E-state index in [1.54, 1.807) is 32.9 Å². The van der Waals surface area contributed by atoms with Gasteiger partial charge in [0.1, 0.15) is 24.4 Å². The minimum Gasteiger partial charge on any atom is -0.464 e. The van der Waals surface area contributed by atoms with Crippen LogP contribution in [0.4, 0.5) is 4.79 Å². The Balaban J connectivity index is 1.97. The van der Waals surface area contributed by atoms with Crippen LogP contribution in [0.25, 0.3) is 0 Å². The highest BCUT2D eigenvalue weighted by molar-refractivity contribution is 5.86. The predicted molar refractivity (Wildman–Crippen MR) is 164 cm³/mol. The van der Waals surface area contributed by atoms with Gasteiger partial charge in [0.25, 0.3) is 5.56 Å². The molecule has 1 aromatic heterocycles. The summed E-state index contributed by atoms with van der Waals surface area (Å²) in [7, 11) is 0. The molecule has 0 bridgehead atoms. The number of benzene rings is 1. The second-order valence-corrected chi connectivity index (χ2v) is 11.8. The van der Waals surface area contributed by atoms with E-state index in [0.717, 1.165) is 43.2 Å². The van der Waals surface area contributed by atoms with Gasteiger partial charge in [-0.15, -0.1) is 0 Å². The average Bonchev–Trinajstić information content (AvgIpc) is 3.30. The van der Waals surface area contributed by atoms with Gasteiger partial charge in [-0.2, -0.15) is 0 Å². The van der Waals surface area contributed by atoms with E-state index in [2.05, 4.69) is 15.6 Å². The molecule has 0 aliphatic carbocycles. The van der Waals surface area contributed by atoms with E-state index in [-0.39, 0.29) is 13.2 Å². The van der Waals surface area contributed by atoms with Gasteiger partial charge >= 0.3 is 29.7 Å². The number of aromatic amines is 1. The van der Waals surface area contributed by atoms with Gasteiger partial charge in [-0.1, -0.05) is 30.3 Å². The molecule has 1 aliphatic rings. The number of hydrogen-bond donors (Lipinski definition) is 3. The number of ether oxygens (including phenoxy) is 6. The number of amides is 2. The van der Waals surface area contributed by atoms with Crippen LogP contribution in [0.2, 0.25) is 0 Å². The Morgan fingerprint density at radius 2 is 1.54 bits per heavy atom. The summed E-state index contributed by atoms with van der Waals surface area (Å²) in [5, 5.41) is 5.10. The molecule has 1 saturated heterocycles. The van der Waals surface area contributed by atoms with Crippen molar-refractivity contribution < 1.29 is 52.4 Å². The summed E-state index contributed by atoms with van der Waals surface area (Å²) in [5.41, 5.74) is -1.76. The molecule has 6 atom stereocenters. The van der Waals surface area contributed by atoms with Gasteiger partial charge in [0, 0.05) is 33.0 Å². The molecular formula is C31H40N4O13. The smallest absolute Gasteiger partial charge is 0.408 e. The SMILES string of the molecule is CC(=O)OCC(NC(=O)C(COCc1ccccc1)NC(=O)OC(C)(C)C)C1OC(n2ccc(=O)[nH]c2=O)C(OC(C)=O)C1OC(C)=O. The normalized spacial score (nSPS) is 20.1. The molecule has 2 aromatic rings. The Labute approximate surface area is 275 Å². The summed E-state index contributed by atoms with van der Waals surface area (Å²) in [6, 6.07) is 7.38. The lowest BCUT2D eigenvalue weighted by Crippen LogP contribution is -2.58. The zero-order valence-corrected chi connectivity index (χ0v) is 27.4. The molecule has 3 rings (SSSR count). The van der Waals surface area contributed by atoms with Crippen molar-refractivity contribution >= 4 is 29.9 Å². The van der Waals surface area contributed by atoms with Crippen molar-refractivity contribution in [2.45, 2.75) is 90.4 Å². The number of esters is 3. The van der Waals surface area contributed by atoms with Crippen molar-refractivity contribution in [2.24, 2.45) is 0 Å². The molecule has 0 saturated carbocycles. The largest absolute Gasteiger partial charge is 0.464 e. The number of H-pyrrole nitrogens is 1. The number of nitrogens with one attached hydrogen (secondary N) is 3. The molecule has 48 heavy (non-hydrogen) atoms.